The van der Waals surface area contributed by atoms with Crippen LogP contribution >= 0.6 is 11.8 Å². The Kier molecular flexibility index (Phi) is 6.17. The topological polar surface area (TPSA) is 47.8 Å². The molecule has 0 radical (unpaired) electrons. The minimum atomic E-state index is -0.299. The Morgan fingerprint density at radius 3 is 2.10 bits per heavy atom. The van der Waals surface area contributed by atoms with Gasteiger partial charge in [0, 0.05) is 15.7 Å². The molecule has 144 valence electrons. The minimum absolute atomic E-state index is 0.0597. The van der Waals surface area contributed by atoms with Crippen LogP contribution in [0.1, 0.15) is 21.2 Å². The van der Waals surface area contributed by atoms with E-state index in [2.05, 4.69) is 34.3 Å². The van der Waals surface area contributed by atoms with Crippen molar-refractivity contribution in [2.24, 2.45) is 5.92 Å². The van der Waals surface area contributed by atoms with Crippen molar-refractivity contribution in [2.45, 2.75) is 16.7 Å². The van der Waals surface area contributed by atoms with E-state index in [-0.39, 0.29) is 17.0 Å². The first-order valence-electron chi connectivity index (χ1n) is 9.49. The third-order valence-electron chi connectivity index (χ3n) is 4.75. The molecule has 5 heteroatoms. The summed E-state index contributed by atoms with van der Waals surface area (Å²) in [5.74, 6) is -0.190. The van der Waals surface area contributed by atoms with Crippen molar-refractivity contribution in [3.63, 3.8) is 0 Å². The molecule has 0 saturated heterocycles. The zero-order valence-electron chi connectivity index (χ0n) is 15.8. The number of hydrogen-bond acceptors (Lipinski definition) is 4. The van der Waals surface area contributed by atoms with Crippen molar-refractivity contribution in [3.8, 4) is 0 Å². The van der Waals surface area contributed by atoms with Crippen LogP contribution in [0.2, 0.25) is 0 Å². The van der Waals surface area contributed by atoms with Gasteiger partial charge in [-0.25, -0.2) is 4.98 Å². The quantitative estimate of drug-likeness (QED) is 0.298. The number of Topliss-reactive ketones (excluding diaryl/α,β-unsaturated/α-hetero) is 1. The van der Waals surface area contributed by atoms with Gasteiger partial charge in [0.05, 0.1) is 12.5 Å². The Morgan fingerprint density at radius 1 is 0.862 bits per heavy atom. The average molecular weight is 400 g/mol. The van der Waals surface area contributed by atoms with Crippen LogP contribution in [0.15, 0.2) is 109 Å². The summed E-state index contributed by atoms with van der Waals surface area (Å²) in [6, 6.07) is 29.9. The fourth-order valence-electron chi connectivity index (χ4n) is 3.33. The third kappa shape index (κ3) is 4.81. The Balaban J connectivity index is 1.75. The summed E-state index contributed by atoms with van der Waals surface area (Å²) >= 11 is 1.71. The SMILES string of the molecule is O=C(c1ccccc1)[C@@H](Cn1cncn1)[C@@H](Sc1ccccc1)c1ccccc1. The Labute approximate surface area is 174 Å². The van der Waals surface area contributed by atoms with Gasteiger partial charge in [0.15, 0.2) is 5.78 Å². The summed E-state index contributed by atoms with van der Waals surface area (Å²) in [5, 5.41) is 4.20. The predicted octanol–water partition coefficient (Wildman–Crippen LogP) is 5.31. The van der Waals surface area contributed by atoms with Crippen LogP contribution in [0.3, 0.4) is 0 Å². The second-order valence-electron chi connectivity index (χ2n) is 6.72. The number of carbonyl (C=O) groups excluding carboxylic acids is 1. The molecule has 1 aromatic heterocycles. The van der Waals surface area contributed by atoms with Gasteiger partial charge in [-0.2, -0.15) is 5.10 Å². The lowest BCUT2D eigenvalue weighted by Gasteiger charge is -2.26. The lowest BCUT2D eigenvalue weighted by atomic mass is 9.90. The van der Waals surface area contributed by atoms with E-state index in [4.69, 9.17) is 0 Å². The molecule has 0 aliphatic heterocycles. The average Bonchev–Trinajstić information content (AvgIpc) is 3.31. The van der Waals surface area contributed by atoms with Crippen molar-refractivity contribution < 1.29 is 4.79 Å². The van der Waals surface area contributed by atoms with Crippen LogP contribution in [0, 0.1) is 5.92 Å². The smallest absolute Gasteiger partial charge is 0.169 e. The number of aromatic nitrogens is 3. The fraction of sp³-hybridized carbons (Fsp3) is 0.125. The molecular formula is C24H21N3OS. The van der Waals surface area contributed by atoms with Crippen molar-refractivity contribution in [3.05, 3.63) is 115 Å². The van der Waals surface area contributed by atoms with Gasteiger partial charge in [0.1, 0.15) is 12.7 Å². The first-order chi connectivity index (χ1) is 14.3. The van der Waals surface area contributed by atoms with Gasteiger partial charge in [-0.1, -0.05) is 78.9 Å². The highest BCUT2D eigenvalue weighted by Crippen LogP contribution is 2.42. The zero-order valence-corrected chi connectivity index (χ0v) is 16.7. The molecule has 4 rings (SSSR count). The summed E-state index contributed by atoms with van der Waals surface area (Å²) < 4.78 is 1.74. The second kappa shape index (κ2) is 9.34. The molecule has 3 aromatic carbocycles. The monoisotopic (exact) mass is 399 g/mol. The van der Waals surface area contributed by atoms with Crippen LogP contribution in [0.5, 0.6) is 0 Å². The van der Waals surface area contributed by atoms with E-state index in [0.717, 1.165) is 10.5 Å². The number of benzene rings is 3. The molecular weight excluding hydrogens is 378 g/mol. The molecule has 0 unspecified atom stereocenters. The highest BCUT2D eigenvalue weighted by Gasteiger charge is 2.32. The third-order valence-corrected chi connectivity index (χ3v) is 6.14. The molecule has 0 saturated carbocycles. The van der Waals surface area contributed by atoms with E-state index in [9.17, 15) is 4.79 Å². The highest BCUT2D eigenvalue weighted by atomic mass is 32.2. The number of thioether (sulfide) groups is 1. The molecule has 0 amide bonds. The largest absolute Gasteiger partial charge is 0.294 e. The summed E-state index contributed by atoms with van der Waals surface area (Å²) in [6.45, 7) is 0.465. The molecule has 0 aliphatic carbocycles. The van der Waals surface area contributed by atoms with Gasteiger partial charge >= 0.3 is 0 Å². The van der Waals surface area contributed by atoms with Crippen LogP contribution in [-0.2, 0) is 6.54 Å². The molecule has 4 aromatic rings. The molecule has 29 heavy (non-hydrogen) atoms. The first-order valence-corrected chi connectivity index (χ1v) is 10.4. The number of nitrogens with zero attached hydrogens (tertiary/aromatic N) is 3. The summed E-state index contributed by atoms with van der Waals surface area (Å²) in [7, 11) is 0. The molecule has 0 fully saturated rings. The van der Waals surface area contributed by atoms with E-state index in [1.165, 1.54) is 6.33 Å². The van der Waals surface area contributed by atoms with Gasteiger partial charge in [0.2, 0.25) is 0 Å². The summed E-state index contributed by atoms with van der Waals surface area (Å²) in [5.41, 5.74) is 1.84. The predicted molar refractivity (Wildman–Crippen MR) is 116 cm³/mol. The lowest BCUT2D eigenvalue weighted by molar-refractivity contribution is 0.0901. The first kappa shape index (κ1) is 19.2. The molecule has 0 bridgehead atoms. The van der Waals surface area contributed by atoms with Crippen molar-refractivity contribution in [2.75, 3.05) is 0 Å². The van der Waals surface area contributed by atoms with E-state index in [1.54, 1.807) is 22.8 Å². The number of rotatable bonds is 8. The van der Waals surface area contributed by atoms with E-state index in [0.29, 0.717) is 12.1 Å². The molecule has 0 N–H and O–H groups in total. The summed E-state index contributed by atoms with van der Waals surface area (Å²) in [4.78, 5) is 18.8. The molecule has 0 aliphatic rings. The Hall–Kier alpha value is -3.18. The second-order valence-corrected chi connectivity index (χ2v) is 7.93. The van der Waals surface area contributed by atoms with E-state index >= 15 is 0 Å². The van der Waals surface area contributed by atoms with Gasteiger partial charge in [-0.05, 0) is 17.7 Å². The van der Waals surface area contributed by atoms with Crippen molar-refractivity contribution in [1.29, 1.82) is 0 Å². The van der Waals surface area contributed by atoms with Gasteiger partial charge in [-0.15, -0.1) is 11.8 Å². The summed E-state index contributed by atoms with van der Waals surface area (Å²) in [6.07, 6.45) is 3.17. The van der Waals surface area contributed by atoms with Gasteiger partial charge in [-0.3, -0.25) is 9.48 Å². The molecule has 2 atom stereocenters. The van der Waals surface area contributed by atoms with E-state index in [1.807, 2.05) is 66.7 Å². The van der Waals surface area contributed by atoms with Gasteiger partial charge in [0.25, 0.3) is 0 Å². The van der Waals surface area contributed by atoms with Crippen LogP contribution < -0.4 is 0 Å². The lowest BCUT2D eigenvalue weighted by Crippen LogP contribution is -2.26. The zero-order chi connectivity index (χ0) is 19.9. The van der Waals surface area contributed by atoms with Crippen LogP contribution in [-0.4, -0.2) is 20.5 Å². The normalized spacial score (nSPS) is 13.0. The van der Waals surface area contributed by atoms with E-state index < -0.39 is 0 Å². The fourth-order valence-corrected chi connectivity index (χ4v) is 4.61. The maximum Gasteiger partial charge on any atom is 0.169 e. The van der Waals surface area contributed by atoms with Gasteiger partial charge < -0.3 is 0 Å². The van der Waals surface area contributed by atoms with Crippen LogP contribution in [0.25, 0.3) is 0 Å². The standard InChI is InChI=1S/C24H21N3OS/c28-23(19-10-4-1-5-11-19)22(16-27-18-25-17-26-27)24(20-12-6-2-7-13-20)29-21-14-8-3-9-15-21/h1-15,17-18,22,24H,16H2/t22-,24+/m1/s1. The van der Waals surface area contributed by atoms with Crippen molar-refractivity contribution in [1.82, 2.24) is 14.8 Å². The number of hydrogen-bond donors (Lipinski definition) is 0. The van der Waals surface area contributed by atoms with Crippen LogP contribution in [0.4, 0.5) is 0 Å². The Bertz CT molecular complexity index is 1020. The number of ketones is 1. The maximum atomic E-state index is 13.6. The Morgan fingerprint density at radius 2 is 1.48 bits per heavy atom. The maximum absolute atomic E-state index is 13.6. The molecule has 0 spiro atoms. The van der Waals surface area contributed by atoms with Crippen molar-refractivity contribution >= 4 is 17.5 Å². The molecule has 1 heterocycles. The minimum Gasteiger partial charge on any atom is -0.294 e. The highest BCUT2D eigenvalue weighted by molar-refractivity contribution is 7.99. The molecule has 4 nitrogen and oxygen atoms in total. The number of carbonyl (C=O) groups is 1.